The van der Waals surface area contributed by atoms with E-state index in [9.17, 15) is 4.79 Å². The number of likely N-dealkylation sites (tertiary alicyclic amines) is 1. The quantitative estimate of drug-likeness (QED) is 0.702. The predicted molar refractivity (Wildman–Crippen MR) is 68.2 cm³/mol. The van der Waals surface area contributed by atoms with E-state index in [1.165, 1.54) is 0 Å². The minimum Gasteiger partial charge on any atom is -0.341 e. The van der Waals surface area contributed by atoms with Gasteiger partial charge in [0.05, 0.1) is 6.07 Å². The number of hydrogen-bond donors (Lipinski definition) is 0. The summed E-state index contributed by atoms with van der Waals surface area (Å²) < 4.78 is 0. The Hall–Kier alpha value is -1.04. The van der Waals surface area contributed by atoms with Crippen molar-refractivity contribution >= 4 is 5.91 Å². The van der Waals surface area contributed by atoms with Crippen molar-refractivity contribution in [2.45, 2.75) is 47.0 Å². The number of rotatable bonds is 1. The molecule has 0 radical (unpaired) electrons. The summed E-state index contributed by atoms with van der Waals surface area (Å²) in [6.07, 6.45) is 2.61. The van der Waals surface area contributed by atoms with Crippen molar-refractivity contribution in [3.63, 3.8) is 0 Å². The second-order valence-electron chi connectivity index (χ2n) is 5.19. The molecule has 3 nitrogen and oxygen atoms in total. The number of piperidine rings is 1. The molecule has 0 aromatic rings. The van der Waals surface area contributed by atoms with Gasteiger partial charge in [0, 0.05) is 13.1 Å². The SMILES string of the molecule is CC.CC1CCN(C(=O)C2(C#N)CC2)CC1C. The van der Waals surface area contributed by atoms with Gasteiger partial charge in [-0.15, -0.1) is 0 Å². The van der Waals surface area contributed by atoms with E-state index < -0.39 is 5.41 Å². The number of amides is 1. The summed E-state index contributed by atoms with van der Waals surface area (Å²) >= 11 is 0. The molecule has 1 amide bonds. The van der Waals surface area contributed by atoms with Crippen LogP contribution in [0.5, 0.6) is 0 Å². The molecule has 1 aliphatic heterocycles. The fraction of sp³-hybridized carbons (Fsp3) is 0.857. The highest BCUT2D eigenvalue weighted by atomic mass is 16.2. The van der Waals surface area contributed by atoms with Crippen LogP contribution in [0.15, 0.2) is 0 Å². The highest BCUT2D eigenvalue weighted by Gasteiger charge is 2.53. The highest BCUT2D eigenvalue weighted by molar-refractivity contribution is 5.88. The largest absolute Gasteiger partial charge is 0.341 e. The molecule has 2 aliphatic rings. The maximum atomic E-state index is 12.1. The van der Waals surface area contributed by atoms with Gasteiger partial charge in [0.2, 0.25) is 5.91 Å². The van der Waals surface area contributed by atoms with Gasteiger partial charge in [-0.2, -0.15) is 5.26 Å². The smallest absolute Gasteiger partial charge is 0.243 e. The van der Waals surface area contributed by atoms with Gasteiger partial charge < -0.3 is 4.90 Å². The minimum atomic E-state index is -0.625. The number of carbonyl (C=O) groups is 1. The molecule has 2 atom stereocenters. The molecule has 0 aromatic carbocycles. The van der Waals surface area contributed by atoms with Crippen molar-refractivity contribution in [2.75, 3.05) is 13.1 Å². The van der Waals surface area contributed by atoms with Gasteiger partial charge in [-0.3, -0.25) is 4.79 Å². The molecule has 1 aliphatic carbocycles. The van der Waals surface area contributed by atoms with Gasteiger partial charge >= 0.3 is 0 Å². The lowest BCUT2D eigenvalue weighted by Crippen LogP contribution is -2.45. The lowest BCUT2D eigenvalue weighted by Gasteiger charge is -2.36. The van der Waals surface area contributed by atoms with Crippen LogP contribution in [-0.2, 0) is 4.79 Å². The lowest BCUT2D eigenvalue weighted by molar-refractivity contribution is -0.137. The fourth-order valence-corrected chi connectivity index (χ4v) is 2.25. The van der Waals surface area contributed by atoms with Gasteiger partial charge in [0.15, 0.2) is 0 Å². The van der Waals surface area contributed by atoms with E-state index in [1.54, 1.807) is 0 Å². The third-order valence-corrected chi connectivity index (χ3v) is 3.99. The van der Waals surface area contributed by atoms with Crippen molar-refractivity contribution in [1.29, 1.82) is 5.26 Å². The Kier molecular flexibility index (Phi) is 4.56. The zero-order valence-electron chi connectivity index (χ0n) is 11.5. The first-order chi connectivity index (χ1) is 8.09. The summed E-state index contributed by atoms with van der Waals surface area (Å²) in [4.78, 5) is 14.0. The average Bonchev–Trinajstić information content (AvgIpc) is 3.15. The molecular weight excluding hydrogens is 212 g/mol. The van der Waals surface area contributed by atoms with E-state index in [0.717, 1.165) is 32.4 Å². The molecule has 1 saturated heterocycles. The average molecular weight is 236 g/mol. The molecule has 17 heavy (non-hydrogen) atoms. The molecule has 2 rings (SSSR count). The first kappa shape index (κ1) is 14.0. The maximum Gasteiger partial charge on any atom is 0.243 e. The summed E-state index contributed by atoms with van der Waals surface area (Å²) in [5.41, 5.74) is -0.625. The van der Waals surface area contributed by atoms with Crippen LogP contribution >= 0.6 is 0 Å². The van der Waals surface area contributed by atoms with E-state index in [0.29, 0.717) is 11.8 Å². The Morgan fingerprint density at radius 1 is 1.29 bits per heavy atom. The normalized spacial score (nSPS) is 29.7. The fourth-order valence-electron chi connectivity index (χ4n) is 2.25. The minimum absolute atomic E-state index is 0.0868. The van der Waals surface area contributed by atoms with Gasteiger partial charge in [-0.05, 0) is 31.1 Å². The summed E-state index contributed by atoms with van der Waals surface area (Å²) in [5.74, 6) is 1.35. The van der Waals surface area contributed by atoms with Crippen molar-refractivity contribution in [3.8, 4) is 6.07 Å². The second-order valence-corrected chi connectivity index (χ2v) is 5.19. The number of hydrogen-bond acceptors (Lipinski definition) is 2. The molecular formula is C14H24N2O. The third kappa shape index (κ3) is 2.80. The van der Waals surface area contributed by atoms with E-state index in [2.05, 4.69) is 19.9 Å². The van der Waals surface area contributed by atoms with Crippen LogP contribution in [0.2, 0.25) is 0 Å². The monoisotopic (exact) mass is 236 g/mol. The Labute approximate surface area is 105 Å². The number of nitrogens with zero attached hydrogens (tertiary/aromatic N) is 2. The highest BCUT2D eigenvalue weighted by Crippen LogP contribution is 2.47. The van der Waals surface area contributed by atoms with E-state index in [-0.39, 0.29) is 5.91 Å². The zero-order valence-corrected chi connectivity index (χ0v) is 11.5. The molecule has 0 aromatic heterocycles. The Balaban J connectivity index is 0.000000686. The van der Waals surface area contributed by atoms with Crippen LogP contribution in [0, 0.1) is 28.6 Å². The Bertz CT molecular complexity index is 315. The van der Waals surface area contributed by atoms with E-state index in [4.69, 9.17) is 5.26 Å². The summed E-state index contributed by atoms with van der Waals surface area (Å²) in [6, 6.07) is 2.18. The van der Waals surface area contributed by atoms with Crippen LogP contribution in [0.1, 0.15) is 47.0 Å². The van der Waals surface area contributed by atoms with Crippen LogP contribution in [-0.4, -0.2) is 23.9 Å². The van der Waals surface area contributed by atoms with E-state index in [1.807, 2.05) is 18.7 Å². The molecule has 0 bridgehead atoms. The Morgan fingerprint density at radius 2 is 1.88 bits per heavy atom. The number of nitriles is 1. The standard InChI is InChI=1S/C12H18N2O.C2H6/c1-9-3-6-14(7-10(9)2)11(15)12(8-13)4-5-12;1-2/h9-10H,3-7H2,1-2H3;1-2H3. The summed E-state index contributed by atoms with van der Waals surface area (Å²) in [6.45, 7) is 10.1. The van der Waals surface area contributed by atoms with Crippen molar-refractivity contribution < 1.29 is 4.79 Å². The van der Waals surface area contributed by atoms with Gasteiger partial charge in [-0.1, -0.05) is 27.7 Å². The molecule has 3 heteroatoms. The van der Waals surface area contributed by atoms with Gasteiger partial charge in [0.25, 0.3) is 0 Å². The molecule has 2 fully saturated rings. The predicted octanol–water partition coefficient (Wildman–Crippen LogP) is 2.82. The van der Waals surface area contributed by atoms with Crippen LogP contribution in [0.4, 0.5) is 0 Å². The van der Waals surface area contributed by atoms with Crippen LogP contribution in [0.25, 0.3) is 0 Å². The van der Waals surface area contributed by atoms with Crippen LogP contribution < -0.4 is 0 Å². The van der Waals surface area contributed by atoms with Crippen molar-refractivity contribution in [1.82, 2.24) is 4.90 Å². The first-order valence-electron chi connectivity index (χ1n) is 6.80. The zero-order chi connectivity index (χ0) is 13.1. The molecule has 1 heterocycles. The molecule has 96 valence electrons. The topological polar surface area (TPSA) is 44.1 Å². The summed E-state index contributed by atoms with van der Waals surface area (Å²) in [7, 11) is 0. The summed E-state index contributed by atoms with van der Waals surface area (Å²) in [5, 5.41) is 8.98. The van der Waals surface area contributed by atoms with Gasteiger partial charge in [0.1, 0.15) is 5.41 Å². The first-order valence-corrected chi connectivity index (χ1v) is 6.80. The Morgan fingerprint density at radius 3 is 2.29 bits per heavy atom. The van der Waals surface area contributed by atoms with Crippen molar-refractivity contribution in [3.05, 3.63) is 0 Å². The van der Waals surface area contributed by atoms with Crippen molar-refractivity contribution in [2.24, 2.45) is 17.3 Å². The lowest BCUT2D eigenvalue weighted by atomic mass is 9.88. The third-order valence-electron chi connectivity index (χ3n) is 3.99. The molecule has 0 N–H and O–H groups in total. The number of carbonyl (C=O) groups excluding carboxylic acids is 1. The maximum absolute atomic E-state index is 12.1. The molecule has 2 unspecified atom stereocenters. The van der Waals surface area contributed by atoms with E-state index >= 15 is 0 Å². The van der Waals surface area contributed by atoms with Gasteiger partial charge in [-0.25, -0.2) is 0 Å². The second kappa shape index (κ2) is 5.53. The molecule has 1 saturated carbocycles. The molecule has 0 spiro atoms. The van der Waals surface area contributed by atoms with Crippen LogP contribution in [0.3, 0.4) is 0 Å².